The lowest BCUT2D eigenvalue weighted by molar-refractivity contribution is 0.194. The number of likely N-dealkylation sites (tertiary alicyclic amines) is 1. The van der Waals surface area contributed by atoms with Crippen molar-refractivity contribution >= 4 is 11.6 Å². The summed E-state index contributed by atoms with van der Waals surface area (Å²) in [5.41, 5.74) is 0.688. The molecule has 1 saturated heterocycles. The molecule has 86 valence electrons. The van der Waals surface area contributed by atoms with Crippen LogP contribution in [0.4, 0.5) is 0 Å². The van der Waals surface area contributed by atoms with Crippen molar-refractivity contribution in [1.82, 2.24) is 14.5 Å². The predicted molar refractivity (Wildman–Crippen MR) is 62.0 cm³/mol. The highest BCUT2D eigenvalue weighted by Crippen LogP contribution is 2.27. The topological polar surface area (TPSA) is 44.9 Å². The number of aryl methyl sites for hydroxylation is 1. The average Bonchev–Trinajstić information content (AvgIpc) is 2.64. The first kappa shape index (κ1) is 11.4. The molecule has 0 aromatic carbocycles. The molecule has 4 nitrogen and oxygen atoms in total. The maximum atomic E-state index is 9.27. The highest BCUT2D eigenvalue weighted by Gasteiger charge is 2.26. The van der Waals surface area contributed by atoms with Gasteiger partial charge in [0.05, 0.1) is 12.4 Å². The Kier molecular flexibility index (Phi) is 3.47. The zero-order valence-corrected chi connectivity index (χ0v) is 10.1. The quantitative estimate of drug-likeness (QED) is 0.793. The van der Waals surface area contributed by atoms with E-state index >= 15 is 0 Å². The van der Waals surface area contributed by atoms with Gasteiger partial charge in [-0.2, -0.15) is 5.26 Å². The van der Waals surface area contributed by atoms with Crippen molar-refractivity contribution in [2.75, 3.05) is 13.1 Å². The van der Waals surface area contributed by atoms with Crippen molar-refractivity contribution in [2.24, 2.45) is 7.05 Å². The van der Waals surface area contributed by atoms with Gasteiger partial charge in [-0.15, -0.1) is 0 Å². The van der Waals surface area contributed by atoms with Crippen LogP contribution in [0, 0.1) is 11.3 Å². The number of aromatic nitrogens is 2. The molecule has 0 saturated carbocycles. The van der Waals surface area contributed by atoms with E-state index in [9.17, 15) is 5.26 Å². The third-order valence-electron chi connectivity index (χ3n) is 3.03. The molecule has 1 fully saturated rings. The second-order valence-electron chi connectivity index (χ2n) is 4.16. The number of nitrogens with zero attached hydrogens (tertiary/aromatic N) is 4. The minimum Gasteiger partial charge on any atom is -0.325 e. The van der Waals surface area contributed by atoms with Crippen molar-refractivity contribution in [1.29, 1.82) is 5.26 Å². The van der Waals surface area contributed by atoms with Crippen molar-refractivity contribution in [3.05, 3.63) is 17.2 Å². The SMILES string of the molecule is Cn1cnc(C(C#N)N2CCCCC2)c1Cl. The van der Waals surface area contributed by atoms with Gasteiger partial charge in [0.15, 0.2) is 0 Å². The molecule has 5 heteroatoms. The van der Waals surface area contributed by atoms with Crippen molar-refractivity contribution in [3.8, 4) is 6.07 Å². The van der Waals surface area contributed by atoms with Crippen LogP contribution in [0.1, 0.15) is 31.0 Å². The second-order valence-corrected chi connectivity index (χ2v) is 4.52. The van der Waals surface area contributed by atoms with Crippen LogP contribution in [0.25, 0.3) is 0 Å². The van der Waals surface area contributed by atoms with E-state index in [2.05, 4.69) is 16.0 Å². The lowest BCUT2D eigenvalue weighted by atomic mass is 10.1. The monoisotopic (exact) mass is 238 g/mol. The van der Waals surface area contributed by atoms with E-state index < -0.39 is 0 Å². The minimum atomic E-state index is -0.297. The van der Waals surface area contributed by atoms with Gasteiger partial charge in [0, 0.05) is 7.05 Å². The fourth-order valence-corrected chi connectivity index (χ4v) is 2.30. The molecular weight excluding hydrogens is 224 g/mol. The first-order valence-electron chi connectivity index (χ1n) is 5.54. The Hall–Kier alpha value is -1.05. The number of hydrogen-bond donors (Lipinski definition) is 0. The Morgan fingerprint density at radius 1 is 1.44 bits per heavy atom. The fraction of sp³-hybridized carbons (Fsp3) is 0.636. The molecule has 0 N–H and O–H groups in total. The number of nitriles is 1. The number of imidazole rings is 1. The van der Waals surface area contributed by atoms with Crippen molar-refractivity contribution in [2.45, 2.75) is 25.3 Å². The summed E-state index contributed by atoms with van der Waals surface area (Å²) in [6.07, 6.45) is 5.22. The van der Waals surface area contributed by atoms with Crippen LogP contribution in [-0.4, -0.2) is 27.5 Å². The summed E-state index contributed by atoms with van der Waals surface area (Å²) in [6.45, 7) is 1.93. The van der Waals surface area contributed by atoms with E-state index in [1.807, 2.05) is 7.05 Å². The first-order valence-corrected chi connectivity index (χ1v) is 5.92. The molecule has 2 heterocycles. The standard InChI is InChI=1S/C11H15ClN4/c1-15-8-14-10(11(15)12)9(7-13)16-5-3-2-4-6-16/h8-9H,2-6H2,1H3. The van der Waals surface area contributed by atoms with Crippen LogP contribution in [0.15, 0.2) is 6.33 Å². The molecule has 16 heavy (non-hydrogen) atoms. The second kappa shape index (κ2) is 4.86. The van der Waals surface area contributed by atoms with Crippen LogP contribution in [-0.2, 0) is 7.05 Å². The van der Waals surface area contributed by atoms with Crippen molar-refractivity contribution in [3.63, 3.8) is 0 Å². The molecule has 2 rings (SSSR count). The highest BCUT2D eigenvalue weighted by atomic mass is 35.5. The maximum Gasteiger partial charge on any atom is 0.144 e. The van der Waals surface area contributed by atoms with Crippen LogP contribution in [0.5, 0.6) is 0 Å². The molecule has 0 bridgehead atoms. The van der Waals surface area contributed by atoms with E-state index in [-0.39, 0.29) is 6.04 Å². The number of rotatable bonds is 2. The third kappa shape index (κ3) is 2.06. The van der Waals surface area contributed by atoms with Crippen LogP contribution >= 0.6 is 11.6 Å². The summed E-state index contributed by atoms with van der Waals surface area (Å²) in [5, 5.41) is 9.83. The van der Waals surface area contributed by atoms with Gasteiger partial charge in [0.1, 0.15) is 16.9 Å². The van der Waals surface area contributed by atoms with E-state index in [1.54, 1.807) is 10.9 Å². The average molecular weight is 239 g/mol. The number of piperidine rings is 1. The normalized spacial score (nSPS) is 19.3. The lowest BCUT2D eigenvalue weighted by Gasteiger charge is -2.29. The summed E-state index contributed by atoms with van der Waals surface area (Å²) < 4.78 is 1.74. The molecule has 1 unspecified atom stereocenters. The molecule has 0 amide bonds. The Morgan fingerprint density at radius 3 is 2.62 bits per heavy atom. The van der Waals surface area contributed by atoms with Gasteiger partial charge in [-0.25, -0.2) is 4.98 Å². The van der Waals surface area contributed by atoms with Gasteiger partial charge in [0.25, 0.3) is 0 Å². The lowest BCUT2D eigenvalue weighted by Crippen LogP contribution is -2.33. The predicted octanol–water partition coefficient (Wildman–Crippen LogP) is 2.12. The van der Waals surface area contributed by atoms with Crippen LogP contribution in [0.3, 0.4) is 0 Å². The fourth-order valence-electron chi connectivity index (χ4n) is 2.11. The van der Waals surface area contributed by atoms with Crippen LogP contribution in [0.2, 0.25) is 5.15 Å². The van der Waals surface area contributed by atoms with E-state index in [1.165, 1.54) is 6.42 Å². The van der Waals surface area contributed by atoms with Gasteiger partial charge >= 0.3 is 0 Å². The Labute approximate surface area is 100 Å². The summed E-state index contributed by atoms with van der Waals surface area (Å²) in [4.78, 5) is 6.39. The smallest absolute Gasteiger partial charge is 0.144 e. The van der Waals surface area contributed by atoms with Gasteiger partial charge in [-0.3, -0.25) is 4.90 Å². The zero-order valence-electron chi connectivity index (χ0n) is 9.36. The summed E-state index contributed by atoms with van der Waals surface area (Å²) in [6, 6.07) is 2.01. The molecule has 1 atom stereocenters. The minimum absolute atomic E-state index is 0.297. The van der Waals surface area contributed by atoms with Gasteiger partial charge in [0.2, 0.25) is 0 Å². The maximum absolute atomic E-state index is 9.27. The van der Waals surface area contributed by atoms with Crippen LogP contribution < -0.4 is 0 Å². The summed E-state index contributed by atoms with van der Waals surface area (Å²) in [5.74, 6) is 0. The first-order chi connectivity index (χ1) is 7.74. The van der Waals surface area contributed by atoms with E-state index in [4.69, 9.17) is 11.6 Å². The Bertz CT molecular complexity index is 401. The molecular formula is C11H15ClN4. The third-order valence-corrected chi connectivity index (χ3v) is 3.49. The van der Waals surface area contributed by atoms with Gasteiger partial charge < -0.3 is 4.57 Å². The molecule has 0 aliphatic carbocycles. The molecule has 1 aliphatic heterocycles. The molecule has 1 aromatic rings. The van der Waals surface area contributed by atoms with Gasteiger partial charge in [-0.05, 0) is 25.9 Å². The number of hydrogen-bond acceptors (Lipinski definition) is 3. The molecule has 0 spiro atoms. The zero-order chi connectivity index (χ0) is 11.5. The van der Waals surface area contributed by atoms with E-state index in [0.717, 1.165) is 25.9 Å². The summed E-state index contributed by atoms with van der Waals surface area (Å²) in [7, 11) is 1.84. The van der Waals surface area contributed by atoms with Gasteiger partial charge in [-0.1, -0.05) is 18.0 Å². The van der Waals surface area contributed by atoms with Crippen molar-refractivity contribution < 1.29 is 0 Å². The molecule has 0 radical (unpaired) electrons. The van der Waals surface area contributed by atoms with E-state index in [0.29, 0.717) is 10.8 Å². The summed E-state index contributed by atoms with van der Waals surface area (Å²) >= 11 is 6.12. The number of halogens is 1. The molecule has 1 aliphatic rings. The highest BCUT2D eigenvalue weighted by molar-refractivity contribution is 6.30. The largest absolute Gasteiger partial charge is 0.325 e. The Morgan fingerprint density at radius 2 is 2.12 bits per heavy atom. The Balaban J connectivity index is 2.22. The molecule has 1 aromatic heterocycles.